The van der Waals surface area contributed by atoms with Crippen molar-refractivity contribution in [2.45, 2.75) is 11.5 Å². The van der Waals surface area contributed by atoms with Crippen LogP contribution < -0.4 is 0 Å². The van der Waals surface area contributed by atoms with E-state index in [2.05, 4.69) is 4.74 Å². The third-order valence-corrected chi connectivity index (χ3v) is 2.56. The Hall–Kier alpha value is -1.63. The third kappa shape index (κ3) is 1.49. The van der Waals surface area contributed by atoms with Gasteiger partial charge in [0, 0.05) is 11.6 Å². The second kappa shape index (κ2) is 3.43. The van der Waals surface area contributed by atoms with Crippen LogP contribution in [0, 0.1) is 11.6 Å². The number of ether oxygens (including phenoxy) is 1. The molecule has 1 atom stereocenters. The number of esters is 1. The molecule has 1 unspecified atom stereocenters. The molecule has 2 rings (SSSR count). The van der Waals surface area contributed by atoms with Gasteiger partial charge in [-0.2, -0.15) is 8.78 Å². The molecule has 92 valence electrons. The minimum Gasteiger partial charge on any atom is -0.457 e. The largest absolute Gasteiger partial charge is 0.457 e. The van der Waals surface area contributed by atoms with Crippen LogP contribution in [0.5, 0.6) is 0 Å². The summed E-state index contributed by atoms with van der Waals surface area (Å²) in [5, 5.41) is 9.67. The monoisotopic (exact) mass is 250 g/mol. The van der Waals surface area contributed by atoms with E-state index in [4.69, 9.17) is 0 Å². The Balaban J connectivity index is 2.56. The summed E-state index contributed by atoms with van der Waals surface area (Å²) in [6, 6.07) is 1.70. The first kappa shape index (κ1) is 11.8. The molecule has 1 aliphatic rings. The summed E-state index contributed by atoms with van der Waals surface area (Å²) in [4.78, 5) is 10.7. The molecule has 0 saturated carbocycles. The van der Waals surface area contributed by atoms with Crippen LogP contribution in [0.2, 0.25) is 0 Å². The van der Waals surface area contributed by atoms with Crippen molar-refractivity contribution in [3.8, 4) is 0 Å². The molecule has 0 radical (unpaired) electrons. The summed E-state index contributed by atoms with van der Waals surface area (Å²) >= 11 is 0. The van der Waals surface area contributed by atoms with Crippen LogP contribution >= 0.6 is 0 Å². The van der Waals surface area contributed by atoms with Gasteiger partial charge in [0.15, 0.2) is 0 Å². The number of hydrogen-bond acceptors (Lipinski definition) is 3. The van der Waals surface area contributed by atoms with Gasteiger partial charge in [0.05, 0.1) is 0 Å². The van der Waals surface area contributed by atoms with Crippen LogP contribution in [0.4, 0.5) is 17.6 Å². The van der Waals surface area contributed by atoms with E-state index in [9.17, 15) is 27.5 Å². The second-order valence-electron chi connectivity index (χ2n) is 3.63. The standard InChI is InChI=1S/C10H6F4O3/c11-5-1-2-6(7(12)3-5)9(16)4-17-8(15)10(9,13)14/h1-3,16H,4H2. The summed E-state index contributed by atoms with van der Waals surface area (Å²) in [7, 11) is 0. The number of carbonyl (C=O) groups excluding carboxylic acids is 1. The minimum absolute atomic E-state index is 0.339. The Morgan fingerprint density at radius 2 is 1.94 bits per heavy atom. The molecule has 1 N–H and O–H groups in total. The maximum atomic E-state index is 13.4. The zero-order chi connectivity index (χ0) is 12.8. The predicted octanol–water partition coefficient (Wildman–Crippen LogP) is 1.34. The van der Waals surface area contributed by atoms with Crippen molar-refractivity contribution in [3.63, 3.8) is 0 Å². The van der Waals surface area contributed by atoms with Gasteiger partial charge in [-0.25, -0.2) is 13.6 Å². The first-order chi connectivity index (χ1) is 7.79. The summed E-state index contributed by atoms with van der Waals surface area (Å²) in [6.45, 7) is -1.08. The van der Waals surface area contributed by atoms with E-state index in [0.29, 0.717) is 18.2 Å². The molecule has 0 aromatic heterocycles. The smallest absolute Gasteiger partial charge is 0.380 e. The lowest BCUT2D eigenvalue weighted by Gasteiger charge is -2.25. The highest BCUT2D eigenvalue weighted by atomic mass is 19.3. The molecule has 1 aromatic rings. The molecule has 1 heterocycles. The molecule has 7 heteroatoms. The quantitative estimate of drug-likeness (QED) is 0.604. The number of cyclic esters (lactones) is 1. The zero-order valence-electron chi connectivity index (χ0n) is 8.21. The fraction of sp³-hybridized carbons (Fsp3) is 0.300. The number of rotatable bonds is 1. The topological polar surface area (TPSA) is 46.5 Å². The number of halogens is 4. The summed E-state index contributed by atoms with van der Waals surface area (Å²) in [5.74, 6) is -8.57. The number of alkyl halides is 2. The zero-order valence-corrected chi connectivity index (χ0v) is 8.21. The molecule has 3 nitrogen and oxygen atoms in total. The molecule has 1 aromatic carbocycles. The van der Waals surface area contributed by atoms with E-state index in [1.807, 2.05) is 0 Å². The van der Waals surface area contributed by atoms with Crippen LogP contribution in [0.1, 0.15) is 5.56 Å². The molecule has 0 spiro atoms. The molecule has 0 amide bonds. The number of aliphatic hydroxyl groups is 1. The Labute approximate surface area is 92.6 Å². The van der Waals surface area contributed by atoms with Crippen molar-refractivity contribution in [1.29, 1.82) is 0 Å². The number of benzene rings is 1. The summed E-state index contributed by atoms with van der Waals surface area (Å²) in [5.41, 5.74) is -3.99. The third-order valence-electron chi connectivity index (χ3n) is 2.56. The highest BCUT2D eigenvalue weighted by Gasteiger charge is 2.67. The Morgan fingerprint density at radius 1 is 1.29 bits per heavy atom. The van der Waals surface area contributed by atoms with Gasteiger partial charge in [0.1, 0.15) is 18.2 Å². The fourth-order valence-electron chi connectivity index (χ4n) is 1.59. The molecule has 0 bridgehead atoms. The SMILES string of the molecule is O=C1OCC(O)(c2ccc(F)cc2F)C1(F)F. The Kier molecular flexibility index (Phi) is 2.39. The van der Waals surface area contributed by atoms with E-state index in [1.54, 1.807) is 0 Å². The highest BCUT2D eigenvalue weighted by molar-refractivity contribution is 5.82. The second-order valence-corrected chi connectivity index (χ2v) is 3.63. The van der Waals surface area contributed by atoms with Crippen LogP contribution in [-0.4, -0.2) is 23.6 Å². The first-order valence-electron chi connectivity index (χ1n) is 4.52. The molecular formula is C10H6F4O3. The highest BCUT2D eigenvalue weighted by Crippen LogP contribution is 2.44. The van der Waals surface area contributed by atoms with Gasteiger partial charge in [-0.1, -0.05) is 0 Å². The molecule has 1 aliphatic heterocycles. The number of hydrogen-bond donors (Lipinski definition) is 1. The van der Waals surface area contributed by atoms with Crippen LogP contribution in [0.15, 0.2) is 18.2 Å². The van der Waals surface area contributed by atoms with E-state index in [1.165, 1.54) is 0 Å². The average molecular weight is 250 g/mol. The first-order valence-corrected chi connectivity index (χ1v) is 4.52. The normalized spacial score (nSPS) is 27.0. The van der Waals surface area contributed by atoms with Crippen molar-refractivity contribution in [1.82, 2.24) is 0 Å². The average Bonchev–Trinajstić information content (AvgIpc) is 2.43. The van der Waals surface area contributed by atoms with Crippen molar-refractivity contribution in [2.75, 3.05) is 6.61 Å². The van der Waals surface area contributed by atoms with Crippen molar-refractivity contribution < 1.29 is 32.2 Å². The molecule has 1 fully saturated rings. The molecule has 0 aliphatic carbocycles. The molecule has 17 heavy (non-hydrogen) atoms. The van der Waals surface area contributed by atoms with Gasteiger partial charge >= 0.3 is 11.9 Å². The maximum absolute atomic E-state index is 13.4. The summed E-state index contributed by atoms with van der Waals surface area (Å²) in [6.07, 6.45) is 0. The van der Waals surface area contributed by atoms with Crippen LogP contribution in [0.3, 0.4) is 0 Å². The minimum atomic E-state index is -4.27. The maximum Gasteiger partial charge on any atom is 0.380 e. The van der Waals surface area contributed by atoms with Gasteiger partial charge in [-0.15, -0.1) is 0 Å². The van der Waals surface area contributed by atoms with Gasteiger partial charge in [0.2, 0.25) is 5.60 Å². The fourth-order valence-corrected chi connectivity index (χ4v) is 1.59. The lowest BCUT2D eigenvalue weighted by atomic mass is 9.89. The Morgan fingerprint density at radius 3 is 2.41 bits per heavy atom. The molecular weight excluding hydrogens is 244 g/mol. The van der Waals surface area contributed by atoms with E-state index in [-0.39, 0.29) is 0 Å². The van der Waals surface area contributed by atoms with Gasteiger partial charge in [-0.3, -0.25) is 0 Å². The predicted molar refractivity (Wildman–Crippen MR) is 46.2 cm³/mol. The van der Waals surface area contributed by atoms with Crippen molar-refractivity contribution in [3.05, 3.63) is 35.4 Å². The van der Waals surface area contributed by atoms with Crippen LogP contribution in [-0.2, 0) is 15.1 Å². The molecule has 1 saturated heterocycles. The lowest BCUT2D eigenvalue weighted by Crippen LogP contribution is -2.46. The Bertz CT molecular complexity index is 488. The van der Waals surface area contributed by atoms with Crippen LogP contribution in [0.25, 0.3) is 0 Å². The van der Waals surface area contributed by atoms with Crippen molar-refractivity contribution in [2.24, 2.45) is 0 Å². The van der Waals surface area contributed by atoms with E-state index in [0.717, 1.165) is 0 Å². The number of carbonyl (C=O) groups is 1. The van der Waals surface area contributed by atoms with Crippen molar-refractivity contribution >= 4 is 5.97 Å². The van der Waals surface area contributed by atoms with E-state index >= 15 is 0 Å². The summed E-state index contributed by atoms with van der Waals surface area (Å²) < 4.78 is 56.7. The van der Waals surface area contributed by atoms with Gasteiger partial charge in [-0.05, 0) is 12.1 Å². The lowest BCUT2D eigenvalue weighted by molar-refractivity contribution is -0.178. The van der Waals surface area contributed by atoms with E-state index < -0.39 is 41.3 Å². The van der Waals surface area contributed by atoms with Gasteiger partial charge < -0.3 is 9.84 Å². The van der Waals surface area contributed by atoms with Gasteiger partial charge in [0.25, 0.3) is 0 Å².